The summed E-state index contributed by atoms with van der Waals surface area (Å²) in [6, 6.07) is -0.292. The van der Waals surface area contributed by atoms with Gasteiger partial charge < -0.3 is 10.4 Å². The first-order valence-corrected chi connectivity index (χ1v) is 4.21. The average Bonchev–Trinajstić information content (AvgIpc) is 2.64. The molecule has 5 heteroatoms. The van der Waals surface area contributed by atoms with Crippen LogP contribution < -0.4 is 10.5 Å². The van der Waals surface area contributed by atoms with E-state index in [0.717, 1.165) is 6.42 Å². The van der Waals surface area contributed by atoms with Gasteiger partial charge in [-0.15, -0.1) is 0 Å². The van der Waals surface area contributed by atoms with Crippen molar-refractivity contribution in [3.63, 3.8) is 0 Å². The lowest BCUT2D eigenvalue weighted by Gasteiger charge is -2.19. The summed E-state index contributed by atoms with van der Waals surface area (Å²) in [5.74, 6) is 0.554. The van der Waals surface area contributed by atoms with E-state index in [0.29, 0.717) is 0 Å². The molecule has 0 amide bonds. The largest absolute Gasteiger partial charge is 0.595 e. The zero-order valence-corrected chi connectivity index (χ0v) is 6.40. The number of hydrogen-bond acceptors (Lipinski definition) is 3. The van der Waals surface area contributed by atoms with Crippen molar-refractivity contribution >= 4 is 0 Å². The summed E-state index contributed by atoms with van der Waals surface area (Å²) in [7, 11) is 0. The van der Waals surface area contributed by atoms with Gasteiger partial charge in [0.2, 0.25) is 0 Å². The van der Waals surface area contributed by atoms with E-state index >= 15 is 0 Å². The molecule has 2 fully saturated rings. The smallest absolute Gasteiger partial charge is 0.184 e. The third-order valence-corrected chi connectivity index (χ3v) is 3.20. The third kappa shape index (κ3) is 0.657. The first-order chi connectivity index (χ1) is 5.77. The Morgan fingerprint density at radius 3 is 2.08 bits per heavy atom. The molecule has 1 aliphatic heterocycles. The van der Waals surface area contributed by atoms with E-state index in [9.17, 15) is 10.4 Å². The van der Waals surface area contributed by atoms with Crippen molar-refractivity contribution in [3.05, 3.63) is 22.6 Å². The molecule has 0 aromatic carbocycles. The van der Waals surface area contributed by atoms with Crippen LogP contribution in [0.15, 0.2) is 12.2 Å². The van der Waals surface area contributed by atoms with Crippen LogP contribution in [0.5, 0.6) is 0 Å². The van der Waals surface area contributed by atoms with E-state index in [1.807, 2.05) is 12.2 Å². The summed E-state index contributed by atoms with van der Waals surface area (Å²) in [6.07, 6.45) is 5.06. The Kier molecular flexibility index (Phi) is 1.20. The molecule has 6 unspecified atom stereocenters. The standard InChI is InChI=1S/C7H10N2O3/c10-8-6-4-1-2-5(3-4)7(6)9(11)12-8/h1-2,4-9H,3H2. The molecular formula is C7H10N2O3. The fourth-order valence-electron chi connectivity index (χ4n) is 2.70. The van der Waals surface area contributed by atoms with Crippen LogP contribution in [-0.2, 0) is 4.94 Å². The van der Waals surface area contributed by atoms with Gasteiger partial charge in [-0.2, -0.15) is 10.5 Å². The monoisotopic (exact) mass is 170 g/mol. The second kappa shape index (κ2) is 2.07. The predicted octanol–water partition coefficient (Wildman–Crippen LogP) is -2.44. The molecule has 3 aliphatic rings. The lowest BCUT2D eigenvalue weighted by molar-refractivity contribution is -1.28. The zero-order chi connectivity index (χ0) is 8.29. The Hall–Kier alpha value is -0.460. The summed E-state index contributed by atoms with van der Waals surface area (Å²) in [4.78, 5) is 4.59. The van der Waals surface area contributed by atoms with Crippen LogP contribution in [0, 0.1) is 22.3 Å². The Balaban J connectivity index is 1.98. The number of rotatable bonds is 0. The summed E-state index contributed by atoms with van der Waals surface area (Å²) >= 11 is 0. The minimum Gasteiger partial charge on any atom is -0.595 e. The summed E-state index contributed by atoms with van der Waals surface area (Å²) in [6.45, 7) is 0. The van der Waals surface area contributed by atoms with E-state index in [2.05, 4.69) is 4.94 Å². The van der Waals surface area contributed by atoms with Gasteiger partial charge in [0.15, 0.2) is 12.1 Å². The van der Waals surface area contributed by atoms with E-state index in [1.165, 1.54) is 0 Å². The molecule has 0 aromatic heterocycles. The van der Waals surface area contributed by atoms with Crippen LogP contribution >= 0.6 is 0 Å². The number of fused-ring (bicyclic) bond motifs is 5. The summed E-state index contributed by atoms with van der Waals surface area (Å²) in [5.41, 5.74) is 0. The number of hydrogen-bond donors (Lipinski definition) is 2. The number of quaternary nitrogens is 2. The minimum absolute atomic E-state index is 0.146. The lowest BCUT2D eigenvalue weighted by Crippen LogP contribution is -3.18. The van der Waals surface area contributed by atoms with Crippen LogP contribution in [0.2, 0.25) is 0 Å². The van der Waals surface area contributed by atoms with Crippen molar-refractivity contribution in [2.75, 3.05) is 0 Å². The second-order valence-corrected chi connectivity index (χ2v) is 3.74. The Morgan fingerprint density at radius 1 is 1.08 bits per heavy atom. The Morgan fingerprint density at radius 2 is 1.58 bits per heavy atom. The first kappa shape index (κ1) is 6.99. The maximum Gasteiger partial charge on any atom is 0.184 e. The van der Waals surface area contributed by atoms with Crippen LogP contribution in [0.4, 0.5) is 0 Å². The van der Waals surface area contributed by atoms with Crippen molar-refractivity contribution in [1.29, 1.82) is 0 Å². The minimum atomic E-state index is -0.304. The van der Waals surface area contributed by atoms with Crippen LogP contribution in [0.25, 0.3) is 0 Å². The molecule has 5 nitrogen and oxygen atoms in total. The fraction of sp³-hybridized carbons (Fsp3) is 0.714. The maximum absolute atomic E-state index is 11.2. The van der Waals surface area contributed by atoms with Crippen molar-refractivity contribution in [2.45, 2.75) is 18.5 Å². The van der Waals surface area contributed by atoms with Gasteiger partial charge in [-0.25, -0.2) is 0 Å². The van der Waals surface area contributed by atoms with Gasteiger partial charge in [-0.3, -0.25) is 0 Å². The van der Waals surface area contributed by atoms with Gasteiger partial charge in [0.05, 0.1) is 0 Å². The molecule has 1 heterocycles. The van der Waals surface area contributed by atoms with Crippen LogP contribution in [0.3, 0.4) is 0 Å². The molecule has 0 aromatic rings. The highest BCUT2D eigenvalue weighted by atomic mass is 17.1. The van der Waals surface area contributed by atoms with Crippen molar-refractivity contribution < 1.29 is 15.4 Å². The first-order valence-electron chi connectivity index (χ1n) is 4.21. The molecule has 66 valence electrons. The molecule has 0 radical (unpaired) electrons. The van der Waals surface area contributed by atoms with Crippen molar-refractivity contribution in [2.24, 2.45) is 11.8 Å². The van der Waals surface area contributed by atoms with E-state index in [1.54, 1.807) is 0 Å². The van der Waals surface area contributed by atoms with Crippen LogP contribution in [0.1, 0.15) is 6.42 Å². The Bertz CT molecular complexity index is 223. The molecule has 1 saturated carbocycles. The maximum atomic E-state index is 11.2. The lowest BCUT2D eigenvalue weighted by atomic mass is 9.98. The number of nitrogens with one attached hydrogen (secondary N) is 2. The second-order valence-electron chi connectivity index (χ2n) is 3.74. The highest BCUT2D eigenvalue weighted by Crippen LogP contribution is 2.37. The molecular weight excluding hydrogens is 160 g/mol. The molecule has 2 aliphatic carbocycles. The Labute approximate surface area is 69.3 Å². The van der Waals surface area contributed by atoms with Crippen molar-refractivity contribution in [1.82, 2.24) is 0 Å². The fourth-order valence-corrected chi connectivity index (χ4v) is 2.70. The van der Waals surface area contributed by atoms with Crippen molar-refractivity contribution in [3.8, 4) is 0 Å². The van der Waals surface area contributed by atoms with Gasteiger partial charge >= 0.3 is 0 Å². The van der Waals surface area contributed by atoms with Gasteiger partial charge in [0.1, 0.15) is 0 Å². The van der Waals surface area contributed by atoms with Crippen LogP contribution in [-0.4, -0.2) is 12.1 Å². The molecule has 1 saturated heterocycles. The van der Waals surface area contributed by atoms with E-state index in [-0.39, 0.29) is 34.4 Å². The van der Waals surface area contributed by atoms with Gasteiger partial charge in [0, 0.05) is 11.8 Å². The number of hydroxylamine groups is 4. The molecule has 6 atom stereocenters. The summed E-state index contributed by atoms with van der Waals surface area (Å²) < 4.78 is 0. The predicted molar refractivity (Wildman–Crippen MR) is 38.1 cm³/mol. The quantitative estimate of drug-likeness (QED) is 0.313. The molecule has 12 heavy (non-hydrogen) atoms. The SMILES string of the molecule is [O-][NH+]1O[NH+]([O-])C2C3C=CC(C3)C21. The molecule has 2 N–H and O–H groups in total. The highest BCUT2D eigenvalue weighted by molar-refractivity contribution is 5.14. The highest BCUT2D eigenvalue weighted by Gasteiger charge is 2.59. The molecule has 3 rings (SSSR count). The third-order valence-electron chi connectivity index (χ3n) is 3.20. The van der Waals surface area contributed by atoms with E-state index in [4.69, 9.17) is 0 Å². The average molecular weight is 170 g/mol. The topological polar surface area (TPSA) is 64.2 Å². The van der Waals surface area contributed by atoms with Gasteiger partial charge in [-0.05, 0) is 11.4 Å². The molecule has 0 spiro atoms. The summed E-state index contributed by atoms with van der Waals surface area (Å²) in [5, 5.41) is 21.8. The zero-order valence-electron chi connectivity index (χ0n) is 6.40. The molecule has 2 bridgehead atoms. The van der Waals surface area contributed by atoms with Gasteiger partial charge in [-0.1, -0.05) is 12.2 Å². The normalized spacial score (nSPS) is 61.2. The van der Waals surface area contributed by atoms with Gasteiger partial charge in [0.25, 0.3) is 0 Å². The van der Waals surface area contributed by atoms with E-state index < -0.39 is 0 Å².